The maximum absolute atomic E-state index is 6.57. The van der Waals surface area contributed by atoms with Crippen molar-refractivity contribution in [3.8, 4) is 11.5 Å². The molecule has 2 rings (SSSR count). The van der Waals surface area contributed by atoms with Crippen LogP contribution in [0.15, 0.2) is 40.9 Å². The number of methoxy groups -OCH3 is 2. The molecule has 1 atom stereocenters. The van der Waals surface area contributed by atoms with Crippen molar-refractivity contribution in [3.05, 3.63) is 57.0 Å². The second kappa shape index (κ2) is 6.70. The molecule has 106 valence electrons. The molecule has 1 unspecified atom stereocenters. The number of hydrogen-bond donors (Lipinski definition) is 0. The lowest BCUT2D eigenvalue weighted by molar-refractivity contribution is 0.399. The fourth-order valence-corrected chi connectivity index (χ4v) is 2.71. The zero-order chi connectivity index (χ0) is 14.7. The van der Waals surface area contributed by atoms with Gasteiger partial charge in [-0.25, -0.2) is 0 Å². The second-order valence-corrected chi connectivity index (χ2v) is 5.84. The van der Waals surface area contributed by atoms with Gasteiger partial charge in [-0.1, -0.05) is 17.7 Å². The summed E-state index contributed by atoms with van der Waals surface area (Å²) in [5.41, 5.74) is 1.78. The number of rotatable bonds is 4. The van der Waals surface area contributed by atoms with E-state index in [0.717, 1.165) is 27.1 Å². The third kappa shape index (κ3) is 3.22. The topological polar surface area (TPSA) is 18.5 Å². The molecule has 2 aromatic rings. The van der Waals surface area contributed by atoms with E-state index in [4.69, 9.17) is 32.7 Å². The van der Waals surface area contributed by atoms with Crippen LogP contribution in [0.2, 0.25) is 5.02 Å². The van der Waals surface area contributed by atoms with Crippen LogP contribution in [0.3, 0.4) is 0 Å². The van der Waals surface area contributed by atoms with Crippen molar-refractivity contribution < 1.29 is 9.47 Å². The van der Waals surface area contributed by atoms with E-state index in [9.17, 15) is 0 Å². The van der Waals surface area contributed by atoms with Gasteiger partial charge < -0.3 is 9.47 Å². The summed E-state index contributed by atoms with van der Waals surface area (Å²) in [5, 5.41) is 0.295. The average Bonchev–Trinajstić information content (AvgIpc) is 2.48. The summed E-state index contributed by atoms with van der Waals surface area (Å²) < 4.78 is 11.4. The van der Waals surface area contributed by atoms with Crippen LogP contribution in [0, 0.1) is 0 Å². The number of halogens is 3. The molecule has 20 heavy (non-hydrogen) atoms. The third-order valence-electron chi connectivity index (χ3n) is 2.95. The monoisotopic (exact) mass is 374 g/mol. The van der Waals surface area contributed by atoms with E-state index < -0.39 is 0 Å². The smallest absolute Gasteiger partial charge is 0.124 e. The molecule has 5 heteroatoms. The molecule has 0 N–H and O–H groups in total. The minimum absolute atomic E-state index is 0.353. The molecule has 0 spiro atoms. The first kappa shape index (κ1) is 15.5. The van der Waals surface area contributed by atoms with Gasteiger partial charge >= 0.3 is 0 Å². The van der Waals surface area contributed by atoms with Gasteiger partial charge in [-0.3, -0.25) is 0 Å². The summed E-state index contributed by atoms with van der Waals surface area (Å²) in [6.45, 7) is 0. The highest BCUT2D eigenvalue weighted by Gasteiger charge is 2.17. The lowest BCUT2D eigenvalue weighted by Gasteiger charge is -2.16. The van der Waals surface area contributed by atoms with Crippen LogP contribution in [0.5, 0.6) is 11.5 Å². The summed E-state index contributed by atoms with van der Waals surface area (Å²) in [6.07, 6.45) is 0. The van der Waals surface area contributed by atoms with Crippen molar-refractivity contribution in [1.82, 2.24) is 0 Å². The van der Waals surface area contributed by atoms with E-state index in [0.29, 0.717) is 5.02 Å². The Morgan fingerprint density at radius 2 is 1.80 bits per heavy atom. The molecule has 0 heterocycles. The summed E-state index contributed by atoms with van der Waals surface area (Å²) >= 11 is 16.0. The molecular weight excluding hydrogens is 363 g/mol. The van der Waals surface area contributed by atoms with Gasteiger partial charge in [0.1, 0.15) is 11.5 Å². The number of alkyl halides is 1. The normalized spacial score (nSPS) is 12.1. The van der Waals surface area contributed by atoms with Crippen molar-refractivity contribution in [1.29, 1.82) is 0 Å². The van der Waals surface area contributed by atoms with Crippen LogP contribution in [0.4, 0.5) is 0 Å². The minimum Gasteiger partial charge on any atom is -0.497 e. The number of benzene rings is 2. The predicted molar refractivity (Wildman–Crippen MR) is 86.4 cm³/mol. The van der Waals surface area contributed by atoms with E-state index in [1.54, 1.807) is 14.2 Å². The molecular formula is C15H13BrCl2O2. The van der Waals surface area contributed by atoms with Gasteiger partial charge in [0.05, 0.1) is 24.6 Å². The Kier molecular flexibility index (Phi) is 5.19. The average molecular weight is 376 g/mol. The highest BCUT2D eigenvalue weighted by atomic mass is 79.9. The predicted octanol–water partition coefficient (Wildman–Crippen LogP) is 5.45. The molecule has 0 aliphatic rings. The van der Waals surface area contributed by atoms with Crippen molar-refractivity contribution in [2.24, 2.45) is 0 Å². The summed E-state index contributed by atoms with van der Waals surface area (Å²) in [4.78, 5) is 0. The number of ether oxygens (including phenoxy) is 2. The first-order valence-electron chi connectivity index (χ1n) is 5.87. The standard InChI is InChI=1S/C15H13BrCl2O2/c1-19-10-4-6-14(20-2)11(8-10)15(18)9-3-5-13(17)12(16)7-9/h3-8,15H,1-2H3. The quantitative estimate of drug-likeness (QED) is 0.661. The van der Waals surface area contributed by atoms with Gasteiger partial charge in [-0.2, -0.15) is 0 Å². The van der Waals surface area contributed by atoms with E-state index in [-0.39, 0.29) is 5.38 Å². The van der Waals surface area contributed by atoms with Crippen LogP contribution in [0.1, 0.15) is 16.5 Å². The van der Waals surface area contributed by atoms with Crippen molar-refractivity contribution >= 4 is 39.1 Å². The van der Waals surface area contributed by atoms with Crippen molar-refractivity contribution in [3.63, 3.8) is 0 Å². The van der Waals surface area contributed by atoms with Crippen LogP contribution in [0.25, 0.3) is 0 Å². The molecule has 0 amide bonds. The maximum atomic E-state index is 6.57. The highest BCUT2D eigenvalue weighted by Crippen LogP contribution is 2.38. The molecule has 0 aliphatic carbocycles. The Labute approximate surface area is 136 Å². The largest absolute Gasteiger partial charge is 0.497 e. The zero-order valence-electron chi connectivity index (χ0n) is 11.0. The first-order valence-corrected chi connectivity index (χ1v) is 7.48. The third-order valence-corrected chi connectivity index (χ3v) is 4.65. The molecule has 2 aromatic carbocycles. The van der Waals surface area contributed by atoms with Gasteiger partial charge in [0.25, 0.3) is 0 Å². The number of hydrogen-bond acceptors (Lipinski definition) is 2. The van der Waals surface area contributed by atoms with E-state index >= 15 is 0 Å². The van der Waals surface area contributed by atoms with Crippen molar-refractivity contribution in [2.45, 2.75) is 5.38 Å². The van der Waals surface area contributed by atoms with Gasteiger partial charge in [0.15, 0.2) is 0 Å². The second-order valence-electron chi connectivity index (χ2n) is 4.14. The molecule has 0 fully saturated rings. The minimum atomic E-state index is -0.353. The molecule has 0 saturated carbocycles. The van der Waals surface area contributed by atoms with E-state index in [1.165, 1.54) is 0 Å². The molecule has 2 nitrogen and oxygen atoms in total. The lowest BCUT2D eigenvalue weighted by atomic mass is 10.0. The lowest BCUT2D eigenvalue weighted by Crippen LogP contribution is -1.98. The fourth-order valence-electron chi connectivity index (χ4n) is 1.89. The van der Waals surface area contributed by atoms with Gasteiger partial charge in [0.2, 0.25) is 0 Å². The van der Waals surface area contributed by atoms with Gasteiger partial charge in [-0.05, 0) is 51.8 Å². The highest BCUT2D eigenvalue weighted by molar-refractivity contribution is 9.10. The zero-order valence-corrected chi connectivity index (χ0v) is 14.1. The summed E-state index contributed by atoms with van der Waals surface area (Å²) in [7, 11) is 3.24. The fraction of sp³-hybridized carbons (Fsp3) is 0.200. The summed E-state index contributed by atoms with van der Waals surface area (Å²) in [6, 6.07) is 11.2. The molecule has 0 bridgehead atoms. The van der Waals surface area contributed by atoms with Gasteiger partial charge in [-0.15, -0.1) is 11.6 Å². The molecule has 0 aromatic heterocycles. The van der Waals surface area contributed by atoms with E-state index in [2.05, 4.69) is 15.9 Å². The summed E-state index contributed by atoms with van der Waals surface area (Å²) in [5.74, 6) is 1.45. The SMILES string of the molecule is COc1ccc(OC)c(C(Cl)c2ccc(Cl)c(Br)c2)c1. The Bertz CT molecular complexity index is 617. The maximum Gasteiger partial charge on any atom is 0.124 e. The van der Waals surface area contributed by atoms with Gasteiger partial charge in [0, 0.05) is 10.0 Å². The van der Waals surface area contributed by atoms with Crippen LogP contribution in [-0.4, -0.2) is 14.2 Å². The van der Waals surface area contributed by atoms with Crippen molar-refractivity contribution in [2.75, 3.05) is 14.2 Å². The van der Waals surface area contributed by atoms with Crippen LogP contribution >= 0.6 is 39.1 Å². The van der Waals surface area contributed by atoms with Crippen LogP contribution in [-0.2, 0) is 0 Å². The Balaban J connectivity index is 2.45. The molecule has 0 aliphatic heterocycles. The molecule has 0 saturated heterocycles. The Hall–Kier alpha value is -0.900. The van der Waals surface area contributed by atoms with E-state index in [1.807, 2.05) is 36.4 Å². The first-order chi connectivity index (χ1) is 9.56. The molecule has 0 radical (unpaired) electrons. The van der Waals surface area contributed by atoms with Crippen LogP contribution < -0.4 is 9.47 Å². The Morgan fingerprint density at radius 1 is 1.05 bits per heavy atom. The Morgan fingerprint density at radius 3 is 2.40 bits per heavy atom.